The minimum atomic E-state index is -0.231. The van der Waals surface area contributed by atoms with Crippen LogP contribution in [0.3, 0.4) is 0 Å². The molecule has 0 spiro atoms. The first-order valence-corrected chi connectivity index (χ1v) is 6.66. The Morgan fingerprint density at radius 3 is 2.79 bits per heavy atom. The highest BCUT2D eigenvalue weighted by Crippen LogP contribution is 2.19. The van der Waals surface area contributed by atoms with Gasteiger partial charge in [0.25, 0.3) is 0 Å². The number of amides is 1. The molecule has 0 saturated heterocycles. The number of anilines is 1. The molecule has 1 aromatic carbocycles. The lowest BCUT2D eigenvalue weighted by Gasteiger charge is -2.01. The molecule has 1 heterocycles. The standard InChI is InChI=1S/C13H15N3O2S/c1-18-11-4-2-9(3-5-11)6-10-8-19-13(15-10)16-12(17)7-14/h2-5,8H,6-7,14H2,1H3,(H,15,16,17). The first-order chi connectivity index (χ1) is 9.21. The zero-order valence-corrected chi connectivity index (χ0v) is 11.4. The number of nitrogens with two attached hydrogens (primary N) is 1. The monoisotopic (exact) mass is 277 g/mol. The molecule has 0 aliphatic heterocycles. The Hall–Kier alpha value is -1.92. The van der Waals surface area contributed by atoms with Gasteiger partial charge in [0, 0.05) is 11.8 Å². The van der Waals surface area contributed by atoms with E-state index in [0.29, 0.717) is 5.13 Å². The van der Waals surface area contributed by atoms with Gasteiger partial charge in [-0.25, -0.2) is 4.98 Å². The number of aromatic nitrogens is 1. The number of benzene rings is 1. The number of rotatable bonds is 5. The molecule has 0 aliphatic rings. The van der Waals surface area contributed by atoms with Crippen LogP contribution in [0, 0.1) is 0 Å². The lowest BCUT2D eigenvalue weighted by Crippen LogP contribution is -2.21. The van der Waals surface area contributed by atoms with E-state index in [1.165, 1.54) is 11.3 Å². The molecule has 6 heteroatoms. The number of carbonyl (C=O) groups excluding carboxylic acids is 1. The molecule has 1 aromatic heterocycles. The Bertz CT molecular complexity index is 551. The van der Waals surface area contributed by atoms with E-state index in [1.54, 1.807) is 7.11 Å². The number of hydrogen-bond donors (Lipinski definition) is 2. The normalized spacial score (nSPS) is 10.2. The molecule has 0 bridgehead atoms. The van der Waals surface area contributed by atoms with Gasteiger partial charge >= 0.3 is 0 Å². The van der Waals surface area contributed by atoms with Crippen molar-refractivity contribution in [3.05, 3.63) is 40.9 Å². The second-order valence-electron chi connectivity index (χ2n) is 3.92. The number of hydrogen-bond acceptors (Lipinski definition) is 5. The van der Waals surface area contributed by atoms with Gasteiger partial charge in [-0.1, -0.05) is 12.1 Å². The minimum Gasteiger partial charge on any atom is -0.497 e. The van der Waals surface area contributed by atoms with Crippen LogP contribution in [0.4, 0.5) is 5.13 Å². The SMILES string of the molecule is COc1ccc(Cc2csc(NC(=O)CN)n2)cc1. The van der Waals surface area contributed by atoms with E-state index in [9.17, 15) is 4.79 Å². The molecule has 3 N–H and O–H groups in total. The summed E-state index contributed by atoms with van der Waals surface area (Å²) < 4.78 is 5.11. The molecule has 2 aromatic rings. The van der Waals surface area contributed by atoms with Gasteiger partial charge in [0.1, 0.15) is 5.75 Å². The number of carbonyl (C=O) groups is 1. The largest absolute Gasteiger partial charge is 0.497 e. The highest BCUT2D eigenvalue weighted by molar-refractivity contribution is 7.13. The number of methoxy groups -OCH3 is 1. The lowest BCUT2D eigenvalue weighted by atomic mass is 10.1. The number of nitrogens with zero attached hydrogens (tertiary/aromatic N) is 1. The molecule has 100 valence electrons. The van der Waals surface area contributed by atoms with E-state index < -0.39 is 0 Å². The molecule has 0 unspecified atom stereocenters. The van der Waals surface area contributed by atoms with Crippen LogP contribution < -0.4 is 15.8 Å². The molecule has 5 nitrogen and oxygen atoms in total. The summed E-state index contributed by atoms with van der Waals surface area (Å²) in [5.41, 5.74) is 7.29. The first kappa shape index (κ1) is 13.5. The fourth-order valence-electron chi connectivity index (χ4n) is 1.57. The third kappa shape index (κ3) is 3.77. The third-order valence-electron chi connectivity index (χ3n) is 2.53. The Kier molecular flexibility index (Phi) is 4.48. The second kappa shape index (κ2) is 6.31. The van der Waals surface area contributed by atoms with E-state index in [1.807, 2.05) is 29.6 Å². The highest BCUT2D eigenvalue weighted by atomic mass is 32.1. The van der Waals surface area contributed by atoms with Crippen molar-refractivity contribution in [2.45, 2.75) is 6.42 Å². The van der Waals surface area contributed by atoms with Gasteiger partial charge in [-0.2, -0.15) is 0 Å². The van der Waals surface area contributed by atoms with Crippen molar-refractivity contribution in [1.29, 1.82) is 0 Å². The van der Waals surface area contributed by atoms with Crippen molar-refractivity contribution in [3.63, 3.8) is 0 Å². The van der Waals surface area contributed by atoms with Gasteiger partial charge in [0.05, 0.1) is 19.3 Å². The Morgan fingerprint density at radius 2 is 2.16 bits per heavy atom. The van der Waals surface area contributed by atoms with E-state index in [0.717, 1.165) is 23.4 Å². The van der Waals surface area contributed by atoms with Crippen LogP contribution in [0.1, 0.15) is 11.3 Å². The fourth-order valence-corrected chi connectivity index (χ4v) is 2.29. The van der Waals surface area contributed by atoms with Crippen LogP contribution in [-0.4, -0.2) is 24.5 Å². The number of ether oxygens (including phenoxy) is 1. The van der Waals surface area contributed by atoms with Crippen LogP contribution in [0.2, 0.25) is 0 Å². The molecule has 0 fully saturated rings. The zero-order valence-electron chi connectivity index (χ0n) is 10.6. The molecule has 0 aliphatic carbocycles. The highest BCUT2D eigenvalue weighted by Gasteiger charge is 2.06. The minimum absolute atomic E-state index is 0.0343. The zero-order chi connectivity index (χ0) is 13.7. The topological polar surface area (TPSA) is 77.2 Å². The van der Waals surface area contributed by atoms with Crippen LogP contribution in [-0.2, 0) is 11.2 Å². The predicted octanol–water partition coefficient (Wildman–Crippen LogP) is 1.64. The van der Waals surface area contributed by atoms with E-state index in [4.69, 9.17) is 10.5 Å². The van der Waals surface area contributed by atoms with Gasteiger partial charge in [-0.3, -0.25) is 4.79 Å². The van der Waals surface area contributed by atoms with E-state index in [-0.39, 0.29) is 12.5 Å². The molecule has 0 saturated carbocycles. The summed E-state index contributed by atoms with van der Waals surface area (Å²) in [5, 5.41) is 5.15. The van der Waals surface area contributed by atoms with Gasteiger partial charge in [0.15, 0.2) is 5.13 Å². The fraction of sp³-hybridized carbons (Fsp3) is 0.231. The first-order valence-electron chi connectivity index (χ1n) is 5.78. The summed E-state index contributed by atoms with van der Waals surface area (Å²) in [6.45, 7) is -0.0343. The maximum absolute atomic E-state index is 11.1. The average Bonchev–Trinajstić information content (AvgIpc) is 2.86. The quantitative estimate of drug-likeness (QED) is 0.871. The molecular weight excluding hydrogens is 262 g/mol. The Balaban J connectivity index is 2.00. The average molecular weight is 277 g/mol. The van der Waals surface area contributed by atoms with Crippen LogP contribution >= 0.6 is 11.3 Å². The summed E-state index contributed by atoms with van der Waals surface area (Å²) in [7, 11) is 1.64. The summed E-state index contributed by atoms with van der Waals surface area (Å²) in [6, 6.07) is 7.82. The number of nitrogens with one attached hydrogen (secondary N) is 1. The summed E-state index contributed by atoms with van der Waals surface area (Å²) in [4.78, 5) is 15.5. The van der Waals surface area contributed by atoms with Crippen molar-refractivity contribution in [1.82, 2.24) is 4.98 Å². The maximum atomic E-state index is 11.1. The molecule has 19 heavy (non-hydrogen) atoms. The van der Waals surface area contributed by atoms with Crippen molar-refractivity contribution < 1.29 is 9.53 Å². The Labute approximate surface area is 115 Å². The summed E-state index contributed by atoms with van der Waals surface area (Å²) >= 11 is 1.40. The third-order valence-corrected chi connectivity index (χ3v) is 3.33. The smallest absolute Gasteiger partial charge is 0.239 e. The van der Waals surface area contributed by atoms with Gasteiger partial charge in [-0.15, -0.1) is 11.3 Å². The second-order valence-corrected chi connectivity index (χ2v) is 4.78. The Morgan fingerprint density at radius 1 is 1.42 bits per heavy atom. The van der Waals surface area contributed by atoms with E-state index in [2.05, 4.69) is 10.3 Å². The molecular formula is C13H15N3O2S. The van der Waals surface area contributed by atoms with Crippen molar-refractivity contribution in [2.24, 2.45) is 5.73 Å². The van der Waals surface area contributed by atoms with Crippen molar-refractivity contribution in [3.8, 4) is 5.75 Å². The van der Waals surface area contributed by atoms with Crippen molar-refractivity contribution in [2.75, 3.05) is 19.0 Å². The summed E-state index contributed by atoms with van der Waals surface area (Å²) in [6.07, 6.45) is 0.721. The number of thiazole rings is 1. The molecule has 0 atom stereocenters. The molecule has 0 radical (unpaired) electrons. The molecule has 2 rings (SSSR count). The lowest BCUT2D eigenvalue weighted by molar-refractivity contribution is -0.114. The van der Waals surface area contributed by atoms with Gasteiger partial charge in [0.2, 0.25) is 5.91 Å². The van der Waals surface area contributed by atoms with Crippen molar-refractivity contribution >= 4 is 22.4 Å². The van der Waals surface area contributed by atoms with E-state index >= 15 is 0 Å². The van der Waals surface area contributed by atoms with Crippen LogP contribution in [0.5, 0.6) is 5.75 Å². The predicted molar refractivity (Wildman–Crippen MR) is 75.6 cm³/mol. The molecule has 1 amide bonds. The van der Waals surface area contributed by atoms with Gasteiger partial charge < -0.3 is 15.8 Å². The van der Waals surface area contributed by atoms with Crippen LogP contribution in [0.25, 0.3) is 0 Å². The van der Waals surface area contributed by atoms with Gasteiger partial charge in [-0.05, 0) is 17.7 Å². The van der Waals surface area contributed by atoms with Crippen LogP contribution in [0.15, 0.2) is 29.6 Å². The summed E-state index contributed by atoms with van der Waals surface area (Å²) in [5.74, 6) is 0.600. The maximum Gasteiger partial charge on any atom is 0.239 e.